The van der Waals surface area contributed by atoms with Gasteiger partial charge >= 0.3 is 0 Å². The summed E-state index contributed by atoms with van der Waals surface area (Å²) in [6, 6.07) is 4.47. The van der Waals surface area contributed by atoms with Gasteiger partial charge in [0.1, 0.15) is 5.75 Å². The molecule has 104 valence electrons. The lowest BCUT2D eigenvalue weighted by Gasteiger charge is -2.34. The van der Waals surface area contributed by atoms with Crippen LogP contribution in [0.5, 0.6) is 5.75 Å². The Morgan fingerprint density at radius 3 is 2.84 bits per heavy atom. The molecule has 1 fully saturated rings. The first kappa shape index (κ1) is 14.2. The van der Waals surface area contributed by atoms with E-state index in [1.54, 1.807) is 6.07 Å². The van der Waals surface area contributed by atoms with Crippen LogP contribution in [-0.2, 0) is 0 Å². The molecule has 0 aromatic heterocycles. The van der Waals surface area contributed by atoms with Gasteiger partial charge in [-0.3, -0.25) is 4.79 Å². The summed E-state index contributed by atoms with van der Waals surface area (Å²) in [6.07, 6.45) is 2.07. The lowest BCUT2D eigenvalue weighted by molar-refractivity contribution is 0.0919. The molecule has 0 bridgehead atoms. The van der Waals surface area contributed by atoms with Crippen molar-refractivity contribution in [2.45, 2.75) is 19.8 Å². The lowest BCUT2D eigenvalue weighted by atomic mass is 9.81. The maximum atomic E-state index is 12.1. The summed E-state index contributed by atoms with van der Waals surface area (Å²) in [4.78, 5) is 12.1. The van der Waals surface area contributed by atoms with Crippen molar-refractivity contribution in [1.29, 1.82) is 0 Å². The number of hydrogen-bond donors (Lipinski definition) is 3. The third-order valence-electron chi connectivity index (χ3n) is 3.69. The van der Waals surface area contributed by atoms with Crippen molar-refractivity contribution >= 4 is 17.5 Å². The molecule has 1 amide bonds. The second-order valence-corrected chi connectivity index (χ2v) is 5.84. The third-order valence-corrected chi connectivity index (χ3v) is 3.92. The zero-order valence-electron chi connectivity index (χ0n) is 11.0. The monoisotopic (exact) mass is 282 g/mol. The number of carbonyl (C=O) groups is 1. The van der Waals surface area contributed by atoms with Crippen molar-refractivity contribution in [1.82, 2.24) is 10.6 Å². The molecule has 3 N–H and O–H groups in total. The number of phenolic OH excluding ortho intramolecular Hbond substituents is 1. The van der Waals surface area contributed by atoms with E-state index in [2.05, 4.69) is 17.6 Å². The average molecular weight is 283 g/mol. The zero-order chi connectivity index (χ0) is 13.9. The van der Waals surface area contributed by atoms with Crippen LogP contribution in [0.4, 0.5) is 0 Å². The first-order valence-corrected chi connectivity index (χ1v) is 6.85. The van der Waals surface area contributed by atoms with Gasteiger partial charge in [-0.1, -0.05) is 18.5 Å². The summed E-state index contributed by atoms with van der Waals surface area (Å²) in [5.74, 6) is -0.322. The van der Waals surface area contributed by atoms with Crippen molar-refractivity contribution in [3.63, 3.8) is 0 Å². The molecule has 2 rings (SSSR count). The van der Waals surface area contributed by atoms with Crippen LogP contribution in [0.1, 0.15) is 30.1 Å². The number of benzene rings is 1. The number of carbonyl (C=O) groups excluding carboxylic acids is 1. The Kier molecular flexibility index (Phi) is 4.32. The number of rotatable bonds is 3. The minimum atomic E-state index is -0.278. The summed E-state index contributed by atoms with van der Waals surface area (Å²) in [7, 11) is 0. The van der Waals surface area contributed by atoms with Crippen LogP contribution in [0.25, 0.3) is 0 Å². The van der Waals surface area contributed by atoms with E-state index < -0.39 is 0 Å². The number of halogens is 1. The molecular formula is C14H19ClN2O2. The molecule has 1 aliphatic heterocycles. The molecule has 1 aliphatic rings. The van der Waals surface area contributed by atoms with Crippen molar-refractivity contribution in [2.24, 2.45) is 5.41 Å². The minimum Gasteiger partial charge on any atom is -0.507 e. The van der Waals surface area contributed by atoms with E-state index in [0.717, 1.165) is 25.9 Å². The van der Waals surface area contributed by atoms with E-state index in [9.17, 15) is 9.90 Å². The Hall–Kier alpha value is -1.26. The van der Waals surface area contributed by atoms with Gasteiger partial charge < -0.3 is 15.7 Å². The average Bonchev–Trinajstić information content (AvgIpc) is 2.40. The molecule has 0 unspecified atom stereocenters. The van der Waals surface area contributed by atoms with E-state index in [1.807, 2.05) is 0 Å². The van der Waals surface area contributed by atoms with Crippen LogP contribution >= 0.6 is 11.6 Å². The molecular weight excluding hydrogens is 264 g/mol. The number of hydrogen-bond acceptors (Lipinski definition) is 3. The third kappa shape index (κ3) is 3.61. The van der Waals surface area contributed by atoms with Gasteiger partial charge in [0.05, 0.1) is 5.56 Å². The van der Waals surface area contributed by atoms with E-state index in [4.69, 9.17) is 11.6 Å². The molecule has 1 aromatic rings. The van der Waals surface area contributed by atoms with Crippen LogP contribution < -0.4 is 10.6 Å². The van der Waals surface area contributed by atoms with Gasteiger partial charge in [0.25, 0.3) is 5.91 Å². The highest BCUT2D eigenvalue weighted by Crippen LogP contribution is 2.27. The Bertz CT molecular complexity index is 471. The van der Waals surface area contributed by atoms with Crippen molar-refractivity contribution in [3.8, 4) is 5.75 Å². The molecule has 0 spiro atoms. The normalized spacial score (nSPS) is 18.0. The summed E-state index contributed by atoms with van der Waals surface area (Å²) in [5, 5.41) is 16.3. The Balaban J connectivity index is 1.99. The molecule has 1 saturated heterocycles. The topological polar surface area (TPSA) is 61.4 Å². The Labute approximate surface area is 118 Å². The maximum absolute atomic E-state index is 12.1. The predicted octanol–water partition coefficient (Wildman–Crippen LogP) is 2.17. The van der Waals surface area contributed by atoms with Crippen molar-refractivity contribution < 1.29 is 9.90 Å². The molecule has 0 aliphatic carbocycles. The highest BCUT2D eigenvalue weighted by molar-refractivity contribution is 6.31. The number of nitrogens with one attached hydrogen (secondary N) is 2. The molecule has 4 nitrogen and oxygen atoms in total. The first-order valence-electron chi connectivity index (χ1n) is 6.48. The van der Waals surface area contributed by atoms with Gasteiger partial charge in [-0.05, 0) is 49.5 Å². The number of phenols is 1. The van der Waals surface area contributed by atoms with E-state index >= 15 is 0 Å². The molecule has 5 heteroatoms. The van der Waals surface area contributed by atoms with Crippen LogP contribution in [0.2, 0.25) is 5.02 Å². The first-order chi connectivity index (χ1) is 9.00. The van der Waals surface area contributed by atoms with Gasteiger partial charge in [-0.15, -0.1) is 0 Å². The summed E-state index contributed by atoms with van der Waals surface area (Å²) in [5.41, 5.74) is 0.347. The fraction of sp³-hybridized carbons (Fsp3) is 0.500. The van der Waals surface area contributed by atoms with Crippen LogP contribution in [0.15, 0.2) is 18.2 Å². The number of piperidine rings is 1. The predicted molar refractivity (Wildman–Crippen MR) is 75.7 cm³/mol. The highest BCUT2D eigenvalue weighted by Gasteiger charge is 2.27. The molecule has 19 heavy (non-hydrogen) atoms. The SMILES string of the molecule is CC1(CNC(=O)c2cc(Cl)ccc2O)CCNCC1. The summed E-state index contributed by atoms with van der Waals surface area (Å²) < 4.78 is 0. The highest BCUT2D eigenvalue weighted by atomic mass is 35.5. The second-order valence-electron chi connectivity index (χ2n) is 5.40. The van der Waals surface area contributed by atoms with Gasteiger partial charge in [0.15, 0.2) is 0 Å². The van der Waals surface area contributed by atoms with Gasteiger partial charge in [-0.2, -0.15) is 0 Å². The van der Waals surface area contributed by atoms with Crippen LogP contribution in [0.3, 0.4) is 0 Å². The molecule has 0 radical (unpaired) electrons. The fourth-order valence-corrected chi connectivity index (χ4v) is 2.46. The molecule has 0 atom stereocenters. The quantitative estimate of drug-likeness (QED) is 0.796. The van der Waals surface area contributed by atoms with E-state index in [1.165, 1.54) is 12.1 Å². The van der Waals surface area contributed by atoms with Gasteiger partial charge in [-0.25, -0.2) is 0 Å². The van der Waals surface area contributed by atoms with Crippen LogP contribution in [-0.4, -0.2) is 30.6 Å². The van der Waals surface area contributed by atoms with Crippen molar-refractivity contribution in [3.05, 3.63) is 28.8 Å². The second kappa shape index (κ2) is 5.80. The zero-order valence-corrected chi connectivity index (χ0v) is 11.8. The lowest BCUT2D eigenvalue weighted by Crippen LogP contribution is -2.42. The fourth-order valence-electron chi connectivity index (χ4n) is 2.29. The number of aromatic hydroxyl groups is 1. The standard InChI is InChI=1S/C14H19ClN2O2/c1-14(4-6-16-7-5-14)9-17-13(19)11-8-10(15)2-3-12(11)18/h2-3,8,16,18H,4-7,9H2,1H3,(H,17,19). The van der Waals surface area contributed by atoms with E-state index in [0.29, 0.717) is 11.6 Å². The number of amides is 1. The van der Waals surface area contributed by atoms with Crippen molar-refractivity contribution in [2.75, 3.05) is 19.6 Å². The summed E-state index contributed by atoms with van der Waals surface area (Å²) >= 11 is 5.84. The summed E-state index contributed by atoms with van der Waals surface area (Å²) in [6.45, 7) is 4.75. The van der Waals surface area contributed by atoms with Gasteiger partial charge in [0, 0.05) is 11.6 Å². The molecule has 1 heterocycles. The minimum absolute atomic E-state index is 0.0441. The largest absolute Gasteiger partial charge is 0.507 e. The van der Waals surface area contributed by atoms with Crippen LogP contribution in [0, 0.1) is 5.41 Å². The maximum Gasteiger partial charge on any atom is 0.255 e. The van der Waals surface area contributed by atoms with E-state index in [-0.39, 0.29) is 22.6 Å². The Morgan fingerprint density at radius 1 is 1.47 bits per heavy atom. The smallest absolute Gasteiger partial charge is 0.255 e. The Morgan fingerprint density at radius 2 is 2.16 bits per heavy atom. The molecule has 1 aromatic carbocycles. The molecule has 0 saturated carbocycles. The van der Waals surface area contributed by atoms with Gasteiger partial charge in [0.2, 0.25) is 0 Å².